The van der Waals surface area contributed by atoms with Gasteiger partial charge >= 0.3 is 0 Å². The Balaban J connectivity index is 1.34. The quantitative estimate of drug-likeness (QED) is 0.655. The number of amides is 1. The lowest BCUT2D eigenvalue weighted by molar-refractivity contribution is -0.169. The number of aromatic nitrogens is 2. The summed E-state index contributed by atoms with van der Waals surface area (Å²) in [5.74, 6) is -0.914. The highest BCUT2D eigenvalue weighted by Gasteiger charge is 2.71. The van der Waals surface area contributed by atoms with E-state index >= 15 is 0 Å². The molecule has 0 saturated heterocycles. The molecule has 2 aromatic rings. The molecule has 2 N–H and O–H groups in total. The molecule has 8 heteroatoms. The van der Waals surface area contributed by atoms with Crippen molar-refractivity contribution >= 4 is 44.3 Å². The fourth-order valence-electron chi connectivity index (χ4n) is 7.86. The molecular weight excluding hydrogens is 462 g/mol. The van der Waals surface area contributed by atoms with E-state index in [0.717, 1.165) is 18.4 Å². The maximum Gasteiger partial charge on any atom is 0.258 e. The summed E-state index contributed by atoms with van der Waals surface area (Å²) in [7, 11) is 0. The molecule has 3 saturated carbocycles. The van der Waals surface area contributed by atoms with Crippen LogP contribution < -0.4 is 5.32 Å². The van der Waals surface area contributed by atoms with Crippen molar-refractivity contribution in [3.63, 3.8) is 0 Å². The summed E-state index contributed by atoms with van der Waals surface area (Å²) in [5, 5.41) is 15.3. The summed E-state index contributed by atoms with van der Waals surface area (Å²) >= 11 is 1.27. The van der Waals surface area contributed by atoms with E-state index in [1.54, 1.807) is 24.4 Å². The molecule has 4 aliphatic carbocycles. The normalized spacial score (nSPS) is 40.2. The van der Waals surface area contributed by atoms with Crippen molar-refractivity contribution in [2.24, 2.45) is 34.5 Å². The van der Waals surface area contributed by atoms with Gasteiger partial charge < -0.3 is 5.11 Å². The molecule has 0 spiro atoms. The molecule has 2 heterocycles. The molecule has 2 aromatic heterocycles. The van der Waals surface area contributed by atoms with E-state index in [0.29, 0.717) is 21.9 Å². The van der Waals surface area contributed by atoms with Gasteiger partial charge in [-0.2, -0.15) is 0 Å². The first-order valence-electron chi connectivity index (χ1n) is 12.3. The molecule has 7 atom stereocenters. The summed E-state index contributed by atoms with van der Waals surface area (Å²) in [5.41, 5.74) is -1.33. The van der Waals surface area contributed by atoms with Gasteiger partial charge in [-0.25, -0.2) is 9.97 Å². The standard InChI is InChI=1S/C27H29N3O4S/c1-14-11-18-17-7-6-15-12-16(31)8-9-25(15,2)21(17)20(32)13-26(18,3)27(14,34)23(33)30-24-29-19-5-4-10-28-22(19)35-24/h4-5,8-10,12,14,17-18,21,34H,6-7,11,13H2,1-3H3,(H,29,30,33)/t14-,17?,18?,21?,25?,26?,27+/m1/s1. The Morgan fingerprint density at radius 2 is 2.09 bits per heavy atom. The van der Waals surface area contributed by atoms with Gasteiger partial charge in [-0.05, 0) is 61.3 Å². The van der Waals surface area contributed by atoms with Gasteiger partial charge in [-0.15, -0.1) is 0 Å². The molecule has 0 radical (unpaired) electrons. The van der Waals surface area contributed by atoms with Gasteiger partial charge in [0.2, 0.25) is 0 Å². The lowest BCUT2D eigenvalue weighted by Crippen LogP contribution is -2.62. The number of aliphatic hydroxyl groups is 1. The molecule has 35 heavy (non-hydrogen) atoms. The van der Waals surface area contributed by atoms with Crippen LogP contribution in [0.25, 0.3) is 10.3 Å². The number of hydrogen-bond donors (Lipinski definition) is 2. The Morgan fingerprint density at radius 1 is 1.29 bits per heavy atom. The van der Waals surface area contributed by atoms with Crippen LogP contribution in [0.4, 0.5) is 5.13 Å². The van der Waals surface area contributed by atoms with Crippen molar-refractivity contribution in [1.82, 2.24) is 9.97 Å². The number of thiazole rings is 1. The van der Waals surface area contributed by atoms with E-state index in [-0.39, 0.29) is 41.7 Å². The maximum atomic E-state index is 13.8. The minimum absolute atomic E-state index is 0.0189. The highest BCUT2D eigenvalue weighted by Crippen LogP contribution is 2.67. The van der Waals surface area contributed by atoms with E-state index in [1.165, 1.54) is 11.3 Å². The predicted molar refractivity (Wildman–Crippen MR) is 133 cm³/mol. The second kappa shape index (κ2) is 7.40. The van der Waals surface area contributed by atoms with E-state index in [2.05, 4.69) is 22.2 Å². The zero-order valence-electron chi connectivity index (χ0n) is 20.1. The SMILES string of the molecule is C[C@@H]1CC2C3CCC4=CC(=O)C=CC4(C)C3C(=O)CC2(C)[C@@]1(O)C(=O)Nc1nc2cccnc2s1. The molecule has 3 fully saturated rings. The molecule has 0 bridgehead atoms. The van der Waals surface area contributed by atoms with Crippen LogP contribution in [0.3, 0.4) is 0 Å². The van der Waals surface area contributed by atoms with Crippen LogP contribution in [0, 0.1) is 34.5 Å². The minimum atomic E-state index is -1.70. The summed E-state index contributed by atoms with van der Waals surface area (Å²) in [6.07, 6.45) is 9.23. The summed E-state index contributed by atoms with van der Waals surface area (Å²) in [6, 6.07) is 3.62. The summed E-state index contributed by atoms with van der Waals surface area (Å²) < 4.78 is 0. The van der Waals surface area contributed by atoms with Gasteiger partial charge in [0.05, 0.1) is 0 Å². The van der Waals surface area contributed by atoms with E-state index in [4.69, 9.17) is 0 Å². The second-order valence-corrected chi connectivity index (χ2v) is 12.2. The van der Waals surface area contributed by atoms with E-state index in [9.17, 15) is 19.5 Å². The average Bonchev–Trinajstić information content (AvgIpc) is 3.31. The Hall–Kier alpha value is -2.71. The van der Waals surface area contributed by atoms with Crippen LogP contribution in [0.2, 0.25) is 0 Å². The monoisotopic (exact) mass is 491 g/mol. The molecular formula is C27H29N3O4S. The number of ketones is 2. The van der Waals surface area contributed by atoms with Crippen molar-refractivity contribution < 1.29 is 19.5 Å². The number of hydrogen-bond acceptors (Lipinski definition) is 7. The van der Waals surface area contributed by atoms with Crippen molar-refractivity contribution in [2.75, 3.05) is 5.32 Å². The van der Waals surface area contributed by atoms with Gasteiger partial charge in [0.1, 0.15) is 16.1 Å². The van der Waals surface area contributed by atoms with Crippen molar-refractivity contribution in [1.29, 1.82) is 0 Å². The van der Waals surface area contributed by atoms with Gasteiger partial charge in [0.25, 0.3) is 5.91 Å². The van der Waals surface area contributed by atoms with Crippen LogP contribution in [-0.2, 0) is 14.4 Å². The number of anilines is 1. The Labute approximate surface area is 207 Å². The first-order valence-corrected chi connectivity index (χ1v) is 13.1. The number of pyridine rings is 1. The van der Waals surface area contributed by atoms with Gasteiger partial charge in [0.15, 0.2) is 16.5 Å². The fraction of sp³-hybridized carbons (Fsp3) is 0.519. The number of carbonyl (C=O) groups is 3. The summed E-state index contributed by atoms with van der Waals surface area (Å²) in [6.45, 7) is 5.90. The largest absolute Gasteiger partial charge is 0.379 e. The zero-order valence-corrected chi connectivity index (χ0v) is 20.9. The van der Waals surface area contributed by atoms with Crippen molar-refractivity contribution in [2.45, 2.75) is 52.1 Å². The third-order valence-electron chi connectivity index (χ3n) is 9.57. The number of nitrogens with one attached hydrogen (secondary N) is 1. The highest BCUT2D eigenvalue weighted by atomic mass is 32.1. The second-order valence-electron chi connectivity index (χ2n) is 11.2. The topological polar surface area (TPSA) is 109 Å². The van der Waals surface area contributed by atoms with Gasteiger partial charge in [-0.1, -0.05) is 43.8 Å². The average molecular weight is 492 g/mol. The van der Waals surface area contributed by atoms with Crippen LogP contribution in [0.15, 0.2) is 42.1 Å². The number of rotatable bonds is 2. The smallest absolute Gasteiger partial charge is 0.258 e. The molecule has 1 amide bonds. The molecule has 0 aromatic carbocycles. The molecule has 0 aliphatic heterocycles. The van der Waals surface area contributed by atoms with Crippen molar-refractivity contribution in [3.05, 3.63) is 42.1 Å². The molecule has 4 aliphatic rings. The minimum Gasteiger partial charge on any atom is -0.379 e. The lowest BCUT2D eigenvalue weighted by Gasteiger charge is -2.56. The zero-order chi connectivity index (χ0) is 24.8. The van der Waals surface area contributed by atoms with Gasteiger partial charge in [0, 0.05) is 29.4 Å². The van der Waals surface area contributed by atoms with E-state index in [1.807, 2.05) is 26.0 Å². The molecule has 182 valence electrons. The fourth-order valence-corrected chi connectivity index (χ4v) is 8.67. The molecule has 5 unspecified atom stereocenters. The molecule has 6 rings (SSSR count). The number of fused-ring (bicyclic) bond motifs is 6. The summed E-state index contributed by atoms with van der Waals surface area (Å²) in [4.78, 5) is 49.0. The molecule has 7 nitrogen and oxygen atoms in total. The van der Waals surface area contributed by atoms with Crippen LogP contribution in [0.1, 0.15) is 46.5 Å². The Morgan fingerprint density at radius 3 is 2.86 bits per heavy atom. The number of allylic oxidation sites excluding steroid dienone is 4. The Bertz CT molecular complexity index is 1310. The van der Waals surface area contributed by atoms with Crippen LogP contribution in [-0.4, -0.2) is 38.1 Å². The third-order valence-corrected chi connectivity index (χ3v) is 10.5. The Kier molecular flexibility index (Phi) is 4.81. The van der Waals surface area contributed by atoms with Crippen LogP contribution in [0.5, 0.6) is 0 Å². The third kappa shape index (κ3) is 2.96. The first kappa shape index (κ1) is 22.7. The van der Waals surface area contributed by atoms with E-state index < -0.39 is 22.3 Å². The van der Waals surface area contributed by atoms with Gasteiger partial charge in [-0.3, -0.25) is 19.7 Å². The predicted octanol–water partition coefficient (Wildman–Crippen LogP) is 4.09. The van der Waals surface area contributed by atoms with Crippen molar-refractivity contribution in [3.8, 4) is 0 Å². The van der Waals surface area contributed by atoms with Crippen LogP contribution >= 0.6 is 11.3 Å². The number of carbonyl (C=O) groups excluding carboxylic acids is 3. The lowest BCUT2D eigenvalue weighted by atomic mass is 9.47. The maximum absolute atomic E-state index is 13.8. The number of nitrogens with zero attached hydrogens (tertiary/aromatic N) is 2. The number of Topliss-reactive ketones (excluding diaryl/α,β-unsaturated/α-hetero) is 1. The first-order chi connectivity index (χ1) is 16.6. The highest BCUT2D eigenvalue weighted by molar-refractivity contribution is 7.21.